The average Bonchev–Trinajstić information content (AvgIpc) is 2.50. The zero-order chi connectivity index (χ0) is 15.0. The first-order chi connectivity index (χ1) is 10.1. The van der Waals surface area contributed by atoms with E-state index in [1.54, 1.807) is 7.11 Å². The molecule has 21 heavy (non-hydrogen) atoms. The van der Waals surface area contributed by atoms with Crippen LogP contribution >= 0.6 is 27.5 Å². The molecular weight excluding hydrogens is 352 g/mol. The van der Waals surface area contributed by atoms with Crippen LogP contribution in [0.15, 0.2) is 40.9 Å². The third-order valence-corrected chi connectivity index (χ3v) is 4.51. The number of rotatable bonds is 2. The fourth-order valence-electron chi connectivity index (χ4n) is 2.28. The lowest BCUT2D eigenvalue weighted by Crippen LogP contribution is -1.95. The molecule has 1 heterocycles. The lowest BCUT2D eigenvalue weighted by atomic mass is 10.0. The minimum absolute atomic E-state index is 0.402. The van der Waals surface area contributed by atoms with Crippen molar-refractivity contribution in [3.63, 3.8) is 0 Å². The fraction of sp³-hybridized carbons (Fsp3) is 0.125. The van der Waals surface area contributed by atoms with Gasteiger partial charge in [-0.3, -0.25) is 0 Å². The zero-order valence-electron chi connectivity index (χ0n) is 11.5. The molecule has 0 bridgehead atoms. The molecule has 0 radical (unpaired) electrons. The van der Waals surface area contributed by atoms with Crippen LogP contribution in [0, 0.1) is 6.92 Å². The Kier molecular flexibility index (Phi) is 3.83. The molecule has 0 aliphatic heterocycles. The molecular formula is C16H12BrClN2O. The van der Waals surface area contributed by atoms with E-state index in [0.29, 0.717) is 5.15 Å². The number of aromatic nitrogens is 2. The standard InChI is InChI=1S/C16H12BrClN2O/c1-9-7-14(21-2)12(8-13(9)17)15-10-5-3-4-6-11(10)16(18)20-19-15/h3-8H,1-2H3. The fourth-order valence-corrected chi connectivity index (χ4v) is 2.83. The molecule has 106 valence electrons. The highest BCUT2D eigenvalue weighted by Gasteiger charge is 2.15. The molecule has 0 amide bonds. The topological polar surface area (TPSA) is 35.0 Å². The summed E-state index contributed by atoms with van der Waals surface area (Å²) in [6, 6.07) is 11.8. The first kappa shape index (κ1) is 14.3. The molecule has 0 aliphatic rings. The molecule has 0 saturated carbocycles. The maximum absolute atomic E-state index is 6.13. The normalized spacial score (nSPS) is 10.9. The number of ether oxygens (including phenoxy) is 1. The van der Waals surface area contributed by atoms with Crippen molar-refractivity contribution in [2.45, 2.75) is 6.92 Å². The summed E-state index contributed by atoms with van der Waals surface area (Å²) in [5.74, 6) is 0.762. The Morgan fingerprint density at radius 3 is 2.52 bits per heavy atom. The minimum Gasteiger partial charge on any atom is -0.496 e. The Bertz CT molecular complexity index is 836. The van der Waals surface area contributed by atoms with Crippen LogP contribution in [-0.4, -0.2) is 17.3 Å². The van der Waals surface area contributed by atoms with Gasteiger partial charge in [0, 0.05) is 20.8 Å². The number of nitrogens with zero attached hydrogens (tertiary/aromatic N) is 2. The first-order valence-electron chi connectivity index (χ1n) is 6.37. The number of aryl methyl sites for hydroxylation is 1. The molecule has 0 fully saturated rings. The highest BCUT2D eigenvalue weighted by molar-refractivity contribution is 9.10. The van der Waals surface area contributed by atoms with Crippen LogP contribution in [0.25, 0.3) is 22.0 Å². The Morgan fingerprint density at radius 2 is 1.81 bits per heavy atom. The number of methoxy groups -OCH3 is 1. The van der Waals surface area contributed by atoms with Crippen LogP contribution in [0.3, 0.4) is 0 Å². The average molecular weight is 364 g/mol. The van der Waals surface area contributed by atoms with Crippen LogP contribution in [0.1, 0.15) is 5.56 Å². The summed E-state index contributed by atoms with van der Waals surface area (Å²) in [7, 11) is 1.65. The summed E-state index contributed by atoms with van der Waals surface area (Å²) < 4.78 is 6.49. The summed E-state index contributed by atoms with van der Waals surface area (Å²) in [5.41, 5.74) is 2.74. The van der Waals surface area contributed by atoms with Gasteiger partial charge < -0.3 is 4.74 Å². The minimum atomic E-state index is 0.402. The van der Waals surface area contributed by atoms with Gasteiger partial charge >= 0.3 is 0 Å². The second kappa shape index (κ2) is 5.62. The van der Waals surface area contributed by atoms with E-state index in [2.05, 4.69) is 26.1 Å². The SMILES string of the molecule is COc1cc(C)c(Br)cc1-c1nnc(Cl)c2ccccc12. The summed E-state index contributed by atoms with van der Waals surface area (Å²) in [6.07, 6.45) is 0. The molecule has 5 heteroatoms. The number of fused-ring (bicyclic) bond motifs is 1. The second-order valence-electron chi connectivity index (χ2n) is 4.69. The molecule has 0 atom stereocenters. The number of hydrogen-bond acceptors (Lipinski definition) is 3. The first-order valence-corrected chi connectivity index (χ1v) is 7.54. The third kappa shape index (κ3) is 2.49. The van der Waals surface area contributed by atoms with Crippen molar-refractivity contribution in [1.82, 2.24) is 10.2 Å². The molecule has 0 N–H and O–H groups in total. The molecule has 2 aromatic carbocycles. The van der Waals surface area contributed by atoms with Gasteiger partial charge in [0.05, 0.1) is 7.11 Å². The van der Waals surface area contributed by atoms with Gasteiger partial charge in [0.1, 0.15) is 11.4 Å². The van der Waals surface area contributed by atoms with Gasteiger partial charge in [-0.1, -0.05) is 51.8 Å². The van der Waals surface area contributed by atoms with Gasteiger partial charge in [0.2, 0.25) is 0 Å². The van der Waals surface area contributed by atoms with Crippen LogP contribution in [-0.2, 0) is 0 Å². The smallest absolute Gasteiger partial charge is 0.159 e. The van der Waals surface area contributed by atoms with Gasteiger partial charge in [-0.2, -0.15) is 0 Å². The quantitative estimate of drug-likeness (QED) is 0.640. The Labute approximate surface area is 136 Å². The summed E-state index contributed by atoms with van der Waals surface area (Å²) in [5, 5.41) is 10.6. The van der Waals surface area contributed by atoms with Gasteiger partial charge in [-0.25, -0.2) is 0 Å². The van der Waals surface area contributed by atoms with Crippen LogP contribution in [0.2, 0.25) is 5.15 Å². The van der Waals surface area contributed by atoms with Gasteiger partial charge in [0.15, 0.2) is 5.15 Å². The van der Waals surface area contributed by atoms with Crippen molar-refractivity contribution >= 4 is 38.3 Å². The largest absolute Gasteiger partial charge is 0.496 e. The van der Waals surface area contributed by atoms with Crippen molar-refractivity contribution in [3.05, 3.63) is 51.6 Å². The molecule has 1 aromatic heterocycles. The maximum Gasteiger partial charge on any atom is 0.159 e. The predicted molar refractivity (Wildman–Crippen MR) is 89.0 cm³/mol. The van der Waals surface area contributed by atoms with E-state index in [1.165, 1.54) is 0 Å². The maximum atomic E-state index is 6.13. The van der Waals surface area contributed by atoms with E-state index in [0.717, 1.165) is 37.8 Å². The van der Waals surface area contributed by atoms with E-state index in [1.807, 2.05) is 43.3 Å². The third-order valence-electron chi connectivity index (χ3n) is 3.38. The van der Waals surface area contributed by atoms with Crippen molar-refractivity contribution in [1.29, 1.82) is 0 Å². The number of halogens is 2. The Morgan fingerprint density at radius 1 is 1.10 bits per heavy atom. The highest BCUT2D eigenvalue weighted by atomic mass is 79.9. The second-order valence-corrected chi connectivity index (χ2v) is 5.90. The molecule has 0 aliphatic carbocycles. The molecule has 0 unspecified atom stereocenters. The Hall–Kier alpha value is -1.65. The predicted octanol–water partition coefficient (Wildman–Crippen LogP) is 5.03. The van der Waals surface area contributed by atoms with Crippen LogP contribution < -0.4 is 4.74 Å². The van der Waals surface area contributed by atoms with E-state index >= 15 is 0 Å². The van der Waals surface area contributed by atoms with Crippen molar-refractivity contribution in [3.8, 4) is 17.0 Å². The molecule has 0 spiro atoms. The summed E-state index contributed by atoms with van der Waals surface area (Å²) in [6.45, 7) is 2.02. The summed E-state index contributed by atoms with van der Waals surface area (Å²) >= 11 is 9.69. The van der Waals surface area contributed by atoms with Gasteiger partial charge in [-0.05, 0) is 24.6 Å². The molecule has 3 aromatic rings. The van der Waals surface area contributed by atoms with Crippen molar-refractivity contribution in [2.75, 3.05) is 7.11 Å². The van der Waals surface area contributed by atoms with Crippen LogP contribution in [0.4, 0.5) is 0 Å². The number of benzene rings is 2. The van der Waals surface area contributed by atoms with Gasteiger partial charge in [-0.15, -0.1) is 10.2 Å². The summed E-state index contributed by atoms with van der Waals surface area (Å²) in [4.78, 5) is 0. The van der Waals surface area contributed by atoms with Crippen molar-refractivity contribution in [2.24, 2.45) is 0 Å². The van der Waals surface area contributed by atoms with E-state index in [9.17, 15) is 0 Å². The van der Waals surface area contributed by atoms with Gasteiger partial charge in [0.25, 0.3) is 0 Å². The molecule has 3 rings (SSSR count). The van der Waals surface area contributed by atoms with Crippen molar-refractivity contribution < 1.29 is 4.74 Å². The zero-order valence-corrected chi connectivity index (χ0v) is 13.9. The number of hydrogen-bond donors (Lipinski definition) is 0. The molecule has 0 saturated heterocycles. The lowest BCUT2D eigenvalue weighted by Gasteiger charge is -2.12. The molecule has 3 nitrogen and oxygen atoms in total. The van der Waals surface area contributed by atoms with E-state index < -0.39 is 0 Å². The highest BCUT2D eigenvalue weighted by Crippen LogP contribution is 2.37. The monoisotopic (exact) mass is 362 g/mol. The van der Waals surface area contributed by atoms with E-state index in [4.69, 9.17) is 16.3 Å². The van der Waals surface area contributed by atoms with Crippen LogP contribution in [0.5, 0.6) is 5.75 Å². The lowest BCUT2D eigenvalue weighted by molar-refractivity contribution is 0.416. The Balaban J connectivity index is 2.36. The van der Waals surface area contributed by atoms with E-state index in [-0.39, 0.29) is 0 Å².